The Hall–Kier alpha value is -0.650. The van der Waals surface area contributed by atoms with E-state index in [9.17, 15) is 4.79 Å². The van der Waals surface area contributed by atoms with Crippen molar-refractivity contribution in [3.63, 3.8) is 0 Å². The van der Waals surface area contributed by atoms with Gasteiger partial charge in [-0.3, -0.25) is 4.79 Å². The number of carbonyl (C=O) groups is 1. The average Bonchev–Trinajstić information content (AvgIpc) is 2.88. The predicted octanol–water partition coefficient (Wildman–Crippen LogP) is 0.295. The highest BCUT2D eigenvalue weighted by Gasteiger charge is 2.30. The summed E-state index contributed by atoms with van der Waals surface area (Å²) in [5.41, 5.74) is 5.81. The van der Waals surface area contributed by atoms with Crippen molar-refractivity contribution in [1.82, 2.24) is 9.80 Å². The van der Waals surface area contributed by atoms with Gasteiger partial charge in [-0.1, -0.05) is 6.42 Å². The quantitative estimate of drug-likeness (QED) is 0.779. The number of nitrogens with two attached hydrogens (primary N) is 1. The molecular weight excluding hydrogens is 242 g/mol. The standard InChI is InChI=1S/C14H27N3O2/c1-19-11-13(15)14(18)17-8-5-12(10-17)9-16-6-3-2-4-7-16/h12-13H,2-11,15H2,1H3. The zero-order valence-corrected chi connectivity index (χ0v) is 12.0. The van der Waals surface area contributed by atoms with Gasteiger partial charge in [0.05, 0.1) is 6.61 Å². The summed E-state index contributed by atoms with van der Waals surface area (Å²) in [7, 11) is 1.58. The van der Waals surface area contributed by atoms with E-state index in [4.69, 9.17) is 10.5 Å². The molecule has 2 rings (SSSR count). The Bertz CT molecular complexity index is 292. The summed E-state index contributed by atoms with van der Waals surface area (Å²) in [5.74, 6) is 0.666. The monoisotopic (exact) mass is 269 g/mol. The number of rotatable bonds is 5. The van der Waals surface area contributed by atoms with E-state index in [0.717, 1.165) is 26.1 Å². The second-order valence-corrected chi connectivity index (χ2v) is 5.86. The largest absolute Gasteiger partial charge is 0.383 e. The summed E-state index contributed by atoms with van der Waals surface area (Å²) in [6.45, 7) is 5.64. The molecule has 2 N–H and O–H groups in total. The van der Waals surface area contributed by atoms with Crippen LogP contribution < -0.4 is 5.73 Å². The van der Waals surface area contributed by atoms with Crippen LogP contribution in [-0.4, -0.2) is 68.2 Å². The molecule has 0 spiro atoms. The molecule has 0 aromatic carbocycles. The van der Waals surface area contributed by atoms with Gasteiger partial charge in [0.15, 0.2) is 0 Å². The molecule has 19 heavy (non-hydrogen) atoms. The number of amides is 1. The van der Waals surface area contributed by atoms with Crippen LogP contribution in [0.2, 0.25) is 0 Å². The summed E-state index contributed by atoms with van der Waals surface area (Å²) in [5, 5.41) is 0. The van der Waals surface area contributed by atoms with Crippen LogP contribution in [0.4, 0.5) is 0 Å². The first-order valence-corrected chi connectivity index (χ1v) is 7.46. The molecule has 0 radical (unpaired) electrons. The van der Waals surface area contributed by atoms with Crippen LogP contribution in [0.3, 0.4) is 0 Å². The van der Waals surface area contributed by atoms with Gasteiger partial charge in [0.25, 0.3) is 0 Å². The van der Waals surface area contributed by atoms with Crippen LogP contribution in [0.1, 0.15) is 25.7 Å². The number of likely N-dealkylation sites (tertiary alicyclic amines) is 2. The van der Waals surface area contributed by atoms with Crippen LogP contribution in [0.15, 0.2) is 0 Å². The van der Waals surface area contributed by atoms with E-state index < -0.39 is 6.04 Å². The molecule has 2 fully saturated rings. The lowest BCUT2D eigenvalue weighted by Crippen LogP contribution is -2.45. The van der Waals surface area contributed by atoms with Gasteiger partial charge in [-0.05, 0) is 38.3 Å². The molecule has 2 saturated heterocycles. The first kappa shape index (κ1) is 14.8. The summed E-state index contributed by atoms with van der Waals surface area (Å²) in [6, 6.07) is -0.501. The molecule has 0 saturated carbocycles. The number of carbonyl (C=O) groups excluding carboxylic acids is 1. The van der Waals surface area contributed by atoms with Crippen molar-refractivity contribution in [1.29, 1.82) is 0 Å². The Balaban J connectivity index is 1.74. The minimum absolute atomic E-state index is 0.0444. The van der Waals surface area contributed by atoms with Gasteiger partial charge < -0.3 is 20.3 Å². The number of methoxy groups -OCH3 is 1. The minimum atomic E-state index is -0.501. The Morgan fingerprint density at radius 2 is 2.05 bits per heavy atom. The second-order valence-electron chi connectivity index (χ2n) is 5.86. The Kier molecular flexibility index (Phi) is 5.60. The van der Waals surface area contributed by atoms with E-state index in [1.165, 1.54) is 32.4 Å². The lowest BCUT2D eigenvalue weighted by atomic mass is 10.1. The van der Waals surface area contributed by atoms with Crippen molar-refractivity contribution in [3.05, 3.63) is 0 Å². The maximum Gasteiger partial charge on any atom is 0.241 e. The minimum Gasteiger partial charge on any atom is -0.383 e. The van der Waals surface area contributed by atoms with E-state index in [1.807, 2.05) is 4.90 Å². The summed E-state index contributed by atoms with van der Waals surface area (Å²) in [6.07, 6.45) is 5.14. The number of piperidine rings is 1. The fourth-order valence-corrected chi connectivity index (χ4v) is 3.17. The van der Waals surface area contributed by atoms with Gasteiger partial charge in [-0.25, -0.2) is 0 Å². The van der Waals surface area contributed by atoms with Crippen molar-refractivity contribution in [2.75, 3.05) is 46.4 Å². The van der Waals surface area contributed by atoms with Crippen LogP contribution in [-0.2, 0) is 9.53 Å². The van der Waals surface area contributed by atoms with Crippen LogP contribution >= 0.6 is 0 Å². The molecule has 2 aliphatic rings. The molecule has 110 valence electrons. The molecule has 1 amide bonds. The average molecular weight is 269 g/mol. The molecule has 0 aromatic rings. The van der Waals surface area contributed by atoms with Gasteiger partial charge in [-0.15, -0.1) is 0 Å². The lowest BCUT2D eigenvalue weighted by molar-refractivity contribution is -0.132. The van der Waals surface area contributed by atoms with Crippen molar-refractivity contribution < 1.29 is 9.53 Å². The van der Waals surface area contributed by atoms with Crippen molar-refractivity contribution in [2.45, 2.75) is 31.7 Å². The van der Waals surface area contributed by atoms with Gasteiger partial charge in [-0.2, -0.15) is 0 Å². The number of hydrogen-bond acceptors (Lipinski definition) is 4. The summed E-state index contributed by atoms with van der Waals surface area (Å²) >= 11 is 0. The molecule has 0 aliphatic carbocycles. The Morgan fingerprint density at radius 3 is 2.74 bits per heavy atom. The van der Waals surface area contributed by atoms with Crippen LogP contribution in [0.25, 0.3) is 0 Å². The molecule has 2 unspecified atom stereocenters. The highest BCUT2D eigenvalue weighted by molar-refractivity contribution is 5.82. The molecule has 2 aliphatic heterocycles. The maximum absolute atomic E-state index is 12.1. The highest BCUT2D eigenvalue weighted by atomic mass is 16.5. The van der Waals surface area contributed by atoms with E-state index in [0.29, 0.717) is 12.5 Å². The van der Waals surface area contributed by atoms with E-state index >= 15 is 0 Å². The fraction of sp³-hybridized carbons (Fsp3) is 0.929. The van der Waals surface area contributed by atoms with E-state index in [-0.39, 0.29) is 5.91 Å². The van der Waals surface area contributed by atoms with E-state index in [1.54, 1.807) is 7.11 Å². The highest BCUT2D eigenvalue weighted by Crippen LogP contribution is 2.20. The SMILES string of the molecule is COCC(N)C(=O)N1CCC(CN2CCCCC2)C1. The zero-order valence-electron chi connectivity index (χ0n) is 12.0. The summed E-state index contributed by atoms with van der Waals surface area (Å²) in [4.78, 5) is 16.5. The third-order valence-electron chi connectivity index (χ3n) is 4.23. The van der Waals surface area contributed by atoms with Crippen LogP contribution in [0.5, 0.6) is 0 Å². The van der Waals surface area contributed by atoms with Gasteiger partial charge in [0.2, 0.25) is 5.91 Å². The van der Waals surface area contributed by atoms with Crippen molar-refractivity contribution >= 4 is 5.91 Å². The molecule has 0 aromatic heterocycles. The number of hydrogen-bond donors (Lipinski definition) is 1. The molecule has 2 heterocycles. The van der Waals surface area contributed by atoms with Crippen LogP contribution in [0, 0.1) is 5.92 Å². The van der Waals surface area contributed by atoms with Gasteiger partial charge >= 0.3 is 0 Å². The fourth-order valence-electron chi connectivity index (χ4n) is 3.17. The molecule has 5 heteroatoms. The molecule has 0 bridgehead atoms. The normalized spacial score (nSPS) is 26.6. The topological polar surface area (TPSA) is 58.8 Å². The van der Waals surface area contributed by atoms with E-state index in [2.05, 4.69) is 4.90 Å². The molecule has 2 atom stereocenters. The third-order valence-corrected chi connectivity index (χ3v) is 4.23. The second kappa shape index (κ2) is 7.22. The molecular formula is C14H27N3O2. The lowest BCUT2D eigenvalue weighted by Gasteiger charge is -2.29. The Morgan fingerprint density at radius 1 is 1.32 bits per heavy atom. The van der Waals surface area contributed by atoms with Gasteiger partial charge in [0.1, 0.15) is 6.04 Å². The predicted molar refractivity (Wildman–Crippen MR) is 74.8 cm³/mol. The number of nitrogens with zero attached hydrogens (tertiary/aromatic N) is 2. The number of ether oxygens (including phenoxy) is 1. The summed E-state index contributed by atoms with van der Waals surface area (Å²) < 4.78 is 4.95. The van der Waals surface area contributed by atoms with Crippen molar-refractivity contribution in [3.8, 4) is 0 Å². The maximum atomic E-state index is 12.1. The van der Waals surface area contributed by atoms with Gasteiger partial charge in [0, 0.05) is 26.7 Å². The Labute approximate surface area is 116 Å². The third kappa shape index (κ3) is 4.16. The smallest absolute Gasteiger partial charge is 0.241 e. The first-order valence-electron chi connectivity index (χ1n) is 7.46. The first-order chi connectivity index (χ1) is 9.20. The molecule has 5 nitrogen and oxygen atoms in total. The zero-order chi connectivity index (χ0) is 13.7. The van der Waals surface area contributed by atoms with Crippen molar-refractivity contribution in [2.24, 2.45) is 11.7 Å².